The molecular formula is C24H32N4O3. The molecule has 7 nitrogen and oxygen atoms in total. The van der Waals surface area contributed by atoms with Crippen LogP contribution in [-0.4, -0.2) is 42.3 Å². The molecule has 0 bridgehead atoms. The molecule has 0 saturated heterocycles. The Labute approximate surface area is 184 Å². The van der Waals surface area contributed by atoms with Gasteiger partial charge >= 0.3 is 0 Å². The Balaban J connectivity index is 1.94. The minimum absolute atomic E-state index is 0.0223. The molecule has 2 aromatic rings. The van der Waals surface area contributed by atoms with Gasteiger partial charge in [0.15, 0.2) is 0 Å². The first-order chi connectivity index (χ1) is 14.9. The molecular weight excluding hydrogens is 392 g/mol. The molecule has 0 aliphatic heterocycles. The van der Waals surface area contributed by atoms with E-state index in [1.807, 2.05) is 45.9 Å². The number of amides is 3. The summed E-state index contributed by atoms with van der Waals surface area (Å²) < 4.78 is 0. The average Bonchev–Trinajstić information content (AvgIpc) is 2.76. The SMILES string of the molecule is CCCC(=O)Nc1cccc(NCC(=O)Nc2ccc(C(=O)N(CC)CC)cc2)c1C. The molecule has 31 heavy (non-hydrogen) atoms. The summed E-state index contributed by atoms with van der Waals surface area (Å²) in [6.45, 7) is 9.13. The zero-order valence-corrected chi connectivity index (χ0v) is 18.7. The third-order valence-electron chi connectivity index (χ3n) is 4.99. The highest BCUT2D eigenvalue weighted by atomic mass is 16.2. The lowest BCUT2D eigenvalue weighted by atomic mass is 10.1. The maximum Gasteiger partial charge on any atom is 0.253 e. The minimum atomic E-state index is -0.206. The molecule has 0 heterocycles. The van der Waals surface area contributed by atoms with E-state index in [0.29, 0.717) is 30.8 Å². The topological polar surface area (TPSA) is 90.5 Å². The van der Waals surface area contributed by atoms with Crippen molar-refractivity contribution in [2.75, 3.05) is 35.6 Å². The van der Waals surface area contributed by atoms with E-state index in [-0.39, 0.29) is 24.3 Å². The molecule has 0 unspecified atom stereocenters. The van der Waals surface area contributed by atoms with Crippen LogP contribution in [0.4, 0.5) is 17.1 Å². The molecule has 0 radical (unpaired) electrons. The summed E-state index contributed by atoms with van der Waals surface area (Å²) in [7, 11) is 0. The molecule has 3 N–H and O–H groups in total. The Hall–Kier alpha value is -3.35. The molecule has 0 atom stereocenters. The van der Waals surface area contributed by atoms with Crippen molar-refractivity contribution in [3.63, 3.8) is 0 Å². The van der Waals surface area contributed by atoms with Crippen molar-refractivity contribution < 1.29 is 14.4 Å². The van der Waals surface area contributed by atoms with Crippen LogP contribution in [0.1, 0.15) is 49.5 Å². The van der Waals surface area contributed by atoms with Crippen LogP contribution in [0.3, 0.4) is 0 Å². The quantitative estimate of drug-likeness (QED) is 0.531. The van der Waals surface area contributed by atoms with Gasteiger partial charge in [0.1, 0.15) is 0 Å². The summed E-state index contributed by atoms with van der Waals surface area (Å²) in [6.07, 6.45) is 1.26. The molecule has 166 valence electrons. The van der Waals surface area contributed by atoms with Gasteiger partial charge in [0, 0.05) is 42.1 Å². The molecule has 0 fully saturated rings. The molecule has 0 aliphatic rings. The third-order valence-corrected chi connectivity index (χ3v) is 4.99. The van der Waals surface area contributed by atoms with Crippen molar-refractivity contribution in [1.29, 1.82) is 0 Å². The van der Waals surface area contributed by atoms with E-state index in [1.54, 1.807) is 29.2 Å². The molecule has 2 rings (SSSR count). The van der Waals surface area contributed by atoms with Crippen molar-refractivity contribution >= 4 is 34.8 Å². The summed E-state index contributed by atoms with van der Waals surface area (Å²) in [4.78, 5) is 38.3. The van der Waals surface area contributed by atoms with Gasteiger partial charge in [-0.15, -0.1) is 0 Å². The number of nitrogens with one attached hydrogen (secondary N) is 3. The third kappa shape index (κ3) is 6.84. The monoisotopic (exact) mass is 424 g/mol. The second-order valence-electron chi connectivity index (χ2n) is 7.23. The van der Waals surface area contributed by atoms with Gasteiger partial charge in [-0.1, -0.05) is 13.0 Å². The van der Waals surface area contributed by atoms with Gasteiger partial charge in [0.2, 0.25) is 11.8 Å². The van der Waals surface area contributed by atoms with Crippen molar-refractivity contribution in [3.05, 3.63) is 53.6 Å². The zero-order valence-electron chi connectivity index (χ0n) is 18.7. The molecule has 3 amide bonds. The van der Waals surface area contributed by atoms with Gasteiger partial charge in [0.25, 0.3) is 5.91 Å². The summed E-state index contributed by atoms with van der Waals surface area (Å²) in [5.41, 5.74) is 3.61. The number of benzene rings is 2. The van der Waals surface area contributed by atoms with Crippen molar-refractivity contribution in [1.82, 2.24) is 4.90 Å². The van der Waals surface area contributed by atoms with E-state index in [9.17, 15) is 14.4 Å². The Morgan fingerprint density at radius 2 is 1.48 bits per heavy atom. The molecule has 0 saturated carbocycles. The highest BCUT2D eigenvalue weighted by molar-refractivity contribution is 5.97. The predicted octanol–water partition coefficient (Wildman–Crippen LogP) is 4.27. The standard InChI is InChI=1S/C24H32N4O3/c1-5-9-22(29)27-21-11-8-10-20(17(21)4)25-16-23(30)26-19-14-12-18(13-15-19)24(31)28(6-2)7-3/h8,10-15,25H,5-7,9,16H2,1-4H3,(H,26,30)(H,27,29). The lowest BCUT2D eigenvalue weighted by molar-refractivity contribution is -0.116. The molecule has 7 heteroatoms. The largest absolute Gasteiger partial charge is 0.376 e. The van der Waals surface area contributed by atoms with Crippen LogP contribution in [0, 0.1) is 6.92 Å². The number of nitrogens with zero attached hydrogens (tertiary/aromatic N) is 1. The maximum absolute atomic E-state index is 12.4. The molecule has 2 aromatic carbocycles. The van der Waals surface area contributed by atoms with Gasteiger partial charge < -0.3 is 20.9 Å². The summed E-state index contributed by atoms with van der Waals surface area (Å²) in [5, 5.41) is 8.84. The van der Waals surface area contributed by atoms with Gasteiger partial charge in [-0.3, -0.25) is 14.4 Å². The number of anilines is 3. The molecule has 0 aromatic heterocycles. The number of hydrogen-bond acceptors (Lipinski definition) is 4. The van der Waals surface area contributed by atoms with Crippen molar-refractivity contribution in [3.8, 4) is 0 Å². The first kappa shape index (κ1) is 23.9. The van der Waals surface area contributed by atoms with Crippen LogP contribution in [0.15, 0.2) is 42.5 Å². The van der Waals surface area contributed by atoms with Crippen LogP contribution in [0.25, 0.3) is 0 Å². The number of rotatable bonds is 10. The lowest BCUT2D eigenvalue weighted by Gasteiger charge is -2.18. The first-order valence-electron chi connectivity index (χ1n) is 10.7. The van der Waals surface area contributed by atoms with E-state index in [4.69, 9.17) is 0 Å². The fourth-order valence-corrected chi connectivity index (χ4v) is 3.17. The predicted molar refractivity (Wildman–Crippen MR) is 126 cm³/mol. The van der Waals surface area contributed by atoms with Gasteiger partial charge in [-0.2, -0.15) is 0 Å². The second kappa shape index (κ2) is 11.7. The van der Waals surface area contributed by atoms with Crippen LogP contribution in [0.2, 0.25) is 0 Å². The number of carbonyl (C=O) groups is 3. The van der Waals surface area contributed by atoms with Crippen molar-refractivity contribution in [2.45, 2.75) is 40.5 Å². The Bertz CT molecular complexity index is 906. The van der Waals surface area contributed by atoms with E-state index in [0.717, 1.165) is 23.4 Å². The van der Waals surface area contributed by atoms with E-state index in [1.165, 1.54) is 0 Å². The summed E-state index contributed by atoms with van der Waals surface area (Å²) in [5.74, 6) is -0.253. The van der Waals surface area contributed by atoms with Gasteiger partial charge in [-0.05, 0) is 69.2 Å². The Morgan fingerprint density at radius 3 is 2.10 bits per heavy atom. The van der Waals surface area contributed by atoms with E-state index < -0.39 is 0 Å². The fourth-order valence-electron chi connectivity index (χ4n) is 3.17. The van der Waals surface area contributed by atoms with Gasteiger partial charge in [-0.25, -0.2) is 0 Å². The fraction of sp³-hybridized carbons (Fsp3) is 0.375. The summed E-state index contributed by atoms with van der Waals surface area (Å²) >= 11 is 0. The highest BCUT2D eigenvalue weighted by Gasteiger charge is 2.13. The lowest BCUT2D eigenvalue weighted by Crippen LogP contribution is -2.30. The average molecular weight is 425 g/mol. The Morgan fingerprint density at radius 1 is 0.839 bits per heavy atom. The second-order valence-corrected chi connectivity index (χ2v) is 7.23. The van der Waals surface area contributed by atoms with Crippen LogP contribution < -0.4 is 16.0 Å². The normalized spacial score (nSPS) is 10.3. The molecule has 0 spiro atoms. The summed E-state index contributed by atoms with van der Waals surface area (Å²) in [6, 6.07) is 12.4. The van der Waals surface area contributed by atoms with E-state index >= 15 is 0 Å². The highest BCUT2D eigenvalue weighted by Crippen LogP contribution is 2.23. The zero-order chi connectivity index (χ0) is 22.8. The van der Waals surface area contributed by atoms with Crippen LogP contribution in [0.5, 0.6) is 0 Å². The maximum atomic E-state index is 12.4. The smallest absolute Gasteiger partial charge is 0.253 e. The number of carbonyl (C=O) groups excluding carboxylic acids is 3. The van der Waals surface area contributed by atoms with Crippen LogP contribution in [-0.2, 0) is 9.59 Å². The van der Waals surface area contributed by atoms with Gasteiger partial charge in [0.05, 0.1) is 6.54 Å². The van der Waals surface area contributed by atoms with E-state index in [2.05, 4.69) is 16.0 Å². The van der Waals surface area contributed by atoms with Crippen molar-refractivity contribution in [2.24, 2.45) is 0 Å². The van der Waals surface area contributed by atoms with Crippen LogP contribution >= 0.6 is 0 Å². The first-order valence-corrected chi connectivity index (χ1v) is 10.7. The minimum Gasteiger partial charge on any atom is -0.376 e. The number of hydrogen-bond donors (Lipinski definition) is 3. The molecule has 0 aliphatic carbocycles. The Kier molecular flexibility index (Phi) is 9.06.